The van der Waals surface area contributed by atoms with E-state index in [-0.39, 0.29) is 0 Å². The maximum atomic E-state index is 10.3. The number of halogens is 1. The molecule has 0 aliphatic rings. The normalized spacial score (nSPS) is 9.56. The van der Waals surface area contributed by atoms with Gasteiger partial charge < -0.3 is 0 Å². The van der Waals surface area contributed by atoms with Gasteiger partial charge in [0.25, 0.3) is 0 Å². The van der Waals surface area contributed by atoms with E-state index in [0.29, 0.717) is 0 Å². The van der Waals surface area contributed by atoms with Gasteiger partial charge in [-0.15, -0.1) is 11.3 Å². The van der Waals surface area contributed by atoms with Crippen molar-refractivity contribution >= 4 is 40.2 Å². The summed E-state index contributed by atoms with van der Waals surface area (Å²) < 4.78 is 1.08. The lowest BCUT2D eigenvalue weighted by atomic mass is 10.2. The Morgan fingerprint density at radius 1 is 1.78 bits per heavy atom. The van der Waals surface area contributed by atoms with Gasteiger partial charge in [-0.2, -0.15) is 0 Å². The average molecular weight is 252 g/mol. The second-order valence-electron chi connectivity index (χ2n) is 1.72. The zero-order chi connectivity index (χ0) is 6.85. The second kappa shape index (κ2) is 2.79. The van der Waals surface area contributed by atoms with Crippen LogP contribution in [-0.2, 0) is 0 Å². The van der Waals surface area contributed by atoms with Crippen LogP contribution in [0.25, 0.3) is 0 Å². The first kappa shape index (κ1) is 7.21. The van der Waals surface area contributed by atoms with Crippen LogP contribution in [0, 0.1) is 9.81 Å². The molecule has 9 heavy (non-hydrogen) atoms. The largest absolute Gasteiger partial charge is 0.298 e. The molecule has 0 N–H and O–H groups in total. The van der Waals surface area contributed by atoms with Gasteiger partial charge in [0, 0.05) is 5.56 Å². The van der Waals surface area contributed by atoms with Crippen molar-refractivity contribution in [3.05, 3.63) is 19.4 Å². The molecule has 0 fully saturated rings. The zero-order valence-corrected chi connectivity index (χ0v) is 7.82. The monoisotopic (exact) mass is 252 g/mol. The standard InChI is InChI=1S/C6H5IOS/c1-4-3-9-6(7)5(4)2-8/h2-3H,1H3. The Bertz CT molecular complexity index is 209. The van der Waals surface area contributed by atoms with Gasteiger partial charge in [-0.25, -0.2) is 0 Å². The van der Waals surface area contributed by atoms with Gasteiger partial charge in [0.1, 0.15) is 0 Å². The highest BCUT2D eigenvalue weighted by Crippen LogP contribution is 2.21. The lowest BCUT2D eigenvalue weighted by Crippen LogP contribution is -1.79. The van der Waals surface area contributed by atoms with E-state index in [1.807, 2.05) is 12.3 Å². The fourth-order valence-corrected chi connectivity index (χ4v) is 2.24. The van der Waals surface area contributed by atoms with Crippen LogP contribution in [0.4, 0.5) is 0 Å². The number of thiophene rings is 1. The topological polar surface area (TPSA) is 17.1 Å². The van der Waals surface area contributed by atoms with Crippen molar-refractivity contribution in [1.29, 1.82) is 0 Å². The molecule has 0 radical (unpaired) electrons. The average Bonchev–Trinajstić information content (AvgIpc) is 2.12. The number of carbonyl (C=O) groups is 1. The molecule has 0 aromatic carbocycles. The highest BCUT2D eigenvalue weighted by atomic mass is 127. The molecular formula is C6H5IOS. The van der Waals surface area contributed by atoms with E-state index >= 15 is 0 Å². The first-order valence-corrected chi connectivity index (χ1v) is 4.40. The molecule has 1 aromatic heterocycles. The van der Waals surface area contributed by atoms with Gasteiger partial charge in [0.15, 0.2) is 6.29 Å². The molecular weight excluding hydrogens is 247 g/mol. The smallest absolute Gasteiger partial charge is 0.152 e. The third kappa shape index (κ3) is 1.32. The van der Waals surface area contributed by atoms with Crippen molar-refractivity contribution in [1.82, 2.24) is 0 Å². The van der Waals surface area contributed by atoms with E-state index in [4.69, 9.17) is 0 Å². The molecule has 0 bridgehead atoms. The minimum absolute atomic E-state index is 0.848. The molecule has 0 unspecified atom stereocenters. The van der Waals surface area contributed by atoms with Crippen LogP contribution < -0.4 is 0 Å². The fraction of sp³-hybridized carbons (Fsp3) is 0.167. The summed E-state index contributed by atoms with van der Waals surface area (Å²) in [5.41, 5.74) is 1.93. The summed E-state index contributed by atoms with van der Waals surface area (Å²) in [6, 6.07) is 0. The molecule has 0 aliphatic carbocycles. The molecule has 0 saturated carbocycles. The van der Waals surface area contributed by atoms with Crippen LogP contribution in [0.3, 0.4) is 0 Å². The van der Waals surface area contributed by atoms with E-state index in [0.717, 1.165) is 20.3 Å². The SMILES string of the molecule is Cc1csc(I)c1C=O. The van der Waals surface area contributed by atoms with Gasteiger partial charge >= 0.3 is 0 Å². The molecule has 0 atom stereocenters. The molecule has 1 heterocycles. The van der Waals surface area contributed by atoms with E-state index in [9.17, 15) is 4.79 Å². The molecule has 0 amide bonds. The third-order valence-electron chi connectivity index (χ3n) is 1.09. The van der Waals surface area contributed by atoms with Gasteiger partial charge in [0.05, 0.1) is 2.88 Å². The molecule has 1 nitrogen and oxygen atoms in total. The number of hydrogen-bond acceptors (Lipinski definition) is 2. The van der Waals surface area contributed by atoms with Crippen LogP contribution in [0.5, 0.6) is 0 Å². The number of aldehydes is 1. The van der Waals surface area contributed by atoms with Crippen molar-refractivity contribution in [3.8, 4) is 0 Å². The van der Waals surface area contributed by atoms with E-state index in [1.165, 1.54) is 0 Å². The first-order valence-electron chi connectivity index (χ1n) is 2.44. The molecule has 0 spiro atoms. The Kier molecular flexibility index (Phi) is 2.23. The van der Waals surface area contributed by atoms with E-state index in [2.05, 4.69) is 22.6 Å². The van der Waals surface area contributed by atoms with Gasteiger partial charge in [-0.1, -0.05) is 0 Å². The molecule has 0 aliphatic heterocycles. The van der Waals surface area contributed by atoms with Gasteiger partial charge in [-0.05, 0) is 40.5 Å². The van der Waals surface area contributed by atoms with Crippen molar-refractivity contribution < 1.29 is 4.79 Å². The Hall–Kier alpha value is 0.1000. The predicted molar refractivity (Wildman–Crippen MR) is 47.2 cm³/mol. The number of rotatable bonds is 1. The molecule has 3 heteroatoms. The number of hydrogen-bond donors (Lipinski definition) is 0. The lowest BCUT2D eigenvalue weighted by molar-refractivity contribution is 0.112. The second-order valence-corrected chi connectivity index (χ2v) is 4.41. The van der Waals surface area contributed by atoms with E-state index < -0.39 is 0 Å². The molecule has 1 rings (SSSR count). The summed E-state index contributed by atoms with van der Waals surface area (Å²) in [5, 5.41) is 1.99. The van der Waals surface area contributed by atoms with Crippen LogP contribution >= 0.6 is 33.9 Å². The minimum atomic E-state index is 0.848. The lowest BCUT2D eigenvalue weighted by Gasteiger charge is -1.84. The molecule has 0 saturated heterocycles. The third-order valence-corrected chi connectivity index (χ3v) is 3.34. The Morgan fingerprint density at radius 2 is 2.44 bits per heavy atom. The van der Waals surface area contributed by atoms with E-state index in [1.54, 1.807) is 11.3 Å². The highest BCUT2D eigenvalue weighted by molar-refractivity contribution is 14.1. The summed E-state index contributed by atoms with van der Waals surface area (Å²) in [6.07, 6.45) is 0.910. The highest BCUT2D eigenvalue weighted by Gasteiger charge is 2.02. The maximum Gasteiger partial charge on any atom is 0.152 e. The zero-order valence-electron chi connectivity index (χ0n) is 4.85. The summed E-state index contributed by atoms with van der Waals surface area (Å²) in [7, 11) is 0. The van der Waals surface area contributed by atoms with Crippen LogP contribution in [0.1, 0.15) is 15.9 Å². The van der Waals surface area contributed by atoms with Crippen LogP contribution in [0.2, 0.25) is 0 Å². The van der Waals surface area contributed by atoms with Crippen molar-refractivity contribution in [3.63, 3.8) is 0 Å². The summed E-state index contributed by atoms with van der Waals surface area (Å²) in [6.45, 7) is 1.95. The Morgan fingerprint density at radius 3 is 2.67 bits per heavy atom. The van der Waals surface area contributed by atoms with Gasteiger partial charge in [0.2, 0.25) is 0 Å². The Balaban J connectivity index is 3.22. The summed E-state index contributed by atoms with van der Waals surface area (Å²) in [4.78, 5) is 10.3. The van der Waals surface area contributed by atoms with Crippen LogP contribution in [0.15, 0.2) is 5.38 Å². The van der Waals surface area contributed by atoms with Crippen LogP contribution in [-0.4, -0.2) is 6.29 Å². The minimum Gasteiger partial charge on any atom is -0.298 e. The fourth-order valence-electron chi connectivity index (χ4n) is 0.561. The predicted octanol–water partition coefficient (Wildman–Crippen LogP) is 2.47. The maximum absolute atomic E-state index is 10.3. The number of aryl methyl sites for hydroxylation is 1. The van der Waals surface area contributed by atoms with Crippen molar-refractivity contribution in [2.24, 2.45) is 0 Å². The first-order chi connectivity index (χ1) is 4.25. The van der Waals surface area contributed by atoms with Crippen molar-refractivity contribution in [2.45, 2.75) is 6.92 Å². The summed E-state index contributed by atoms with van der Waals surface area (Å²) in [5.74, 6) is 0. The number of carbonyl (C=O) groups excluding carboxylic acids is 1. The summed E-state index contributed by atoms with van der Waals surface area (Å²) >= 11 is 3.78. The molecule has 1 aromatic rings. The molecule has 48 valence electrons. The van der Waals surface area contributed by atoms with Crippen molar-refractivity contribution in [2.75, 3.05) is 0 Å². The quantitative estimate of drug-likeness (QED) is 0.554. The van der Waals surface area contributed by atoms with Gasteiger partial charge in [-0.3, -0.25) is 4.79 Å². The Labute approximate surface area is 71.2 Å².